The normalized spacial score (nSPS) is 12.6. The maximum absolute atomic E-state index is 13.9. The highest BCUT2D eigenvalue weighted by atomic mass is 16.6. The molecule has 0 aliphatic rings. The molecule has 212 valence electrons. The van der Waals surface area contributed by atoms with Gasteiger partial charge in [0, 0.05) is 17.8 Å². The number of carbonyl (C=O) groups excluding carboxylic acids is 4. The number of benzene rings is 2. The molecule has 0 bridgehead atoms. The third-order valence-corrected chi connectivity index (χ3v) is 5.62. The van der Waals surface area contributed by atoms with Gasteiger partial charge in [-0.2, -0.15) is 0 Å². The first-order valence-corrected chi connectivity index (χ1v) is 12.6. The number of nitrogens with two attached hydrogens (primary N) is 1. The number of aromatic hydroxyl groups is 1. The second-order valence-corrected chi connectivity index (χ2v) is 10.0. The van der Waals surface area contributed by atoms with Crippen LogP contribution in [0.2, 0.25) is 0 Å². The summed E-state index contributed by atoms with van der Waals surface area (Å²) in [6.07, 6.45) is -1.01. The second-order valence-electron chi connectivity index (χ2n) is 10.0. The summed E-state index contributed by atoms with van der Waals surface area (Å²) in [5.41, 5.74) is 5.64. The highest BCUT2D eigenvalue weighted by Crippen LogP contribution is 2.33. The Kier molecular flexibility index (Phi) is 10.7. The van der Waals surface area contributed by atoms with Gasteiger partial charge in [0.1, 0.15) is 29.2 Å². The topological polar surface area (TPSA) is 160 Å². The van der Waals surface area contributed by atoms with E-state index in [0.717, 1.165) is 0 Å². The summed E-state index contributed by atoms with van der Waals surface area (Å²) in [6.45, 7) is 8.50. The Morgan fingerprint density at radius 1 is 1.08 bits per heavy atom. The van der Waals surface area contributed by atoms with Crippen LogP contribution < -0.4 is 21.1 Å². The number of rotatable bonds is 11. The molecular formula is C28H38N4O7. The fourth-order valence-corrected chi connectivity index (χ4v) is 3.90. The molecule has 2 atom stereocenters. The Morgan fingerprint density at radius 2 is 1.72 bits per heavy atom. The van der Waals surface area contributed by atoms with E-state index in [-0.39, 0.29) is 17.9 Å². The van der Waals surface area contributed by atoms with Gasteiger partial charge in [-0.1, -0.05) is 25.1 Å². The molecule has 0 fully saturated rings. The molecule has 0 spiro atoms. The van der Waals surface area contributed by atoms with Gasteiger partial charge >= 0.3 is 6.09 Å². The zero-order valence-electron chi connectivity index (χ0n) is 23.2. The number of alkyl carbamates (subject to hydrolysis) is 1. The van der Waals surface area contributed by atoms with E-state index in [4.69, 9.17) is 15.2 Å². The Morgan fingerprint density at radius 3 is 2.26 bits per heavy atom. The van der Waals surface area contributed by atoms with E-state index in [9.17, 15) is 24.3 Å². The molecular weight excluding hydrogens is 504 g/mol. The Hall–Kier alpha value is -4.28. The molecule has 11 heteroatoms. The predicted molar refractivity (Wildman–Crippen MR) is 146 cm³/mol. The monoisotopic (exact) mass is 542 g/mol. The van der Waals surface area contributed by atoms with Gasteiger partial charge in [0.2, 0.25) is 11.8 Å². The molecule has 11 nitrogen and oxygen atoms in total. The van der Waals surface area contributed by atoms with Crippen LogP contribution in [0.4, 0.5) is 10.5 Å². The first kappa shape index (κ1) is 30.9. The van der Waals surface area contributed by atoms with Crippen molar-refractivity contribution in [2.24, 2.45) is 5.73 Å². The number of carbonyl (C=O) groups is 4. The van der Waals surface area contributed by atoms with E-state index in [2.05, 4.69) is 10.6 Å². The standard InChI is InChI=1S/C28H38N4O7/c1-7-15-32(26(36)21(16-22(29)33)31-27(37)39-28(3,4)5)23(20-10-8-9-17(2)24(20)34)25(35)30-18-11-13-19(38-6)14-12-18/h8-14,21,23,34H,7,15-16H2,1-6H3,(H2,29,33)(H,30,35)(H,31,37). The van der Waals surface area contributed by atoms with E-state index in [0.29, 0.717) is 23.4 Å². The Balaban J connectivity index is 2.55. The van der Waals surface area contributed by atoms with Gasteiger partial charge in [0.25, 0.3) is 5.91 Å². The van der Waals surface area contributed by atoms with Crippen LogP contribution in [0.25, 0.3) is 0 Å². The van der Waals surface area contributed by atoms with Crippen LogP contribution in [0.3, 0.4) is 0 Å². The van der Waals surface area contributed by atoms with Gasteiger partial charge in [0.05, 0.1) is 13.5 Å². The molecule has 0 saturated carbocycles. The van der Waals surface area contributed by atoms with E-state index in [1.54, 1.807) is 77.1 Å². The molecule has 0 aliphatic heterocycles. The fraction of sp³-hybridized carbons (Fsp3) is 0.429. The second kappa shape index (κ2) is 13.5. The molecule has 0 radical (unpaired) electrons. The molecule has 2 aromatic rings. The van der Waals surface area contributed by atoms with Crippen molar-refractivity contribution in [3.63, 3.8) is 0 Å². The smallest absolute Gasteiger partial charge is 0.408 e. The van der Waals surface area contributed by atoms with E-state index in [1.807, 2.05) is 0 Å². The molecule has 2 unspecified atom stereocenters. The number of amides is 4. The van der Waals surface area contributed by atoms with E-state index >= 15 is 0 Å². The quantitative estimate of drug-likeness (QED) is 0.338. The number of nitrogens with zero attached hydrogens (tertiary/aromatic N) is 1. The Labute approximate surface area is 228 Å². The maximum Gasteiger partial charge on any atom is 0.408 e. The highest BCUT2D eigenvalue weighted by molar-refractivity contribution is 6.00. The number of hydrogen-bond acceptors (Lipinski definition) is 7. The molecule has 39 heavy (non-hydrogen) atoms. The zero-order chi connectivity index (χ0) is 29.3. The fourth-order valence-electron chi connectivity index (χ4n) is 3.90. The summed E-state index contributed by atoms with van der Waals surface area (Å²) >= 11 is 0. The largest absolute Gasteiger partial charge is 0.507 e. The van der Waals surface area contributed by atoms with Crippen molar-refractivity contribution in [3.05, 3.63) is 53.6 Å². The minimum absolute atomic E-state index is 0.0676. The molecule has 2 rings (SSSR count). The molecule has 5 N–H and O–H groups in total. The summed E-state index contributed by atoms with van der Waals surface area (Å²) in [7, 11) is 1.52. The van der Waals surface area contributed by atoms with Crippen LogP contribution in [-0.2, 0) is 19.1 Å². The van der Waals surface area contributed by atoms with Crippen LogP contribution in [-0.4, -0.2) is 59.1 Å². The first-order valence-electron chi connectivity index (χ1n) is 12.6. The van der Waals surface area contributed by atoms with Crippen molar-refractivity contribution in [1.82, 2.24) is 10.2 Å². The number of para-hydroxylation sites is 1. The van der Waals surface area contributed by atoms with E-state index in [1.165, 1.54) is 12.0 Å². The van der Waals surface area contributed by atoms with Crippen molar-refractivity contribution >= 4 is 29.5 Å². The van der Waals surface area contributed by atoms with Crippen LogP contribution in [0, 0.1) is 6.92 Å². The third kappa shape index (κ3) is 8.91. The van der Waals surface area contributed by atoms with Gasteiger partial charge in [-0.3, -0.25) is 14.4 Å². The average Bonchev–Trinajstić information content (AvgIpc) is 2.84. The number of anilines is 1. The number of nitrogens with one attached hydrogen (secondary N) is 2. The van der Waals surface area contributed by atoms with Gasteiger partial charge < -0.3 is 35.8 Å². The van der Waals surface area contributed by atoms with Crippen molar-refractivity contribution in [3.8, 4) is 11.5 Å². The molecule has 0 saturated heterocycles. The highest BCUT2D eigenvalue weighted by Gasteiger charge is 2.38. The lowest BCUT2D eigenvalue weighted by atomic mass is 9.98. The summed E-state index contributed by atoms with van der Waals surface area (Å²) < 4.78 is 10.4. The van der Waals surface area contributed by atoms with Crippen molar-refractivity contribution in [1.29, 1.82) is 0 Å². The number of methoxy groups -OCH3 is 1. The molecule has 2 aromatic carbocycles. The van der Waals surface area contributed by atoms with E-state index < -0.39 is 47.9 Å². The first-order chi connectivity index (χ1) is 18.3. The SMILES string of the molecule is CCCN(C(=O)C(CC(N)=O)NC(=O)OC(C)(C)C)C(C(=O)Nc1ccc(OC)cc1)c1cccc(C)c1O. The van der Waals surface area contributed by atoms with Crippen molar-refractivity contribution < 1.29 is 33.8 Å². The van der Waals surface area contributed by atoms with Gasteiger partial charge in [-0.05, 0) is 63.9 Å². The van der Waals surface area contributed by atoms with Crippen molar-refractivity contribution in [2.75, 3.05) is 19.0 Å². The number of hydrogen-bond donors (Lipinski definition) is 4. The maximum atomic E-state index is 13.9. The van der Waals surface area contributed by atoms with Crippen molar-refractivity contribution in [2.45, 2.75) is 65.1 Å². The number of primary amides is 1. The zero-order valence-corrected chi connectivity index (χ0v) is 23.2. The summed E-state index contributed by atoms with van der Waals surface area (Å²) in [5, 5.41) is 16.1. The van der Waals surface area contributed by atoms with Gasteiger partial charge in [-0.15, -0.1) is 0 Å². The Bertz CT molecular complexity index is 1180. The summed E-state index contributed by atoms with van der Waals surface area (Å²) in [4.78, 5) is 53.2. The molecule has 4 amide bonds. The minimum atomic E-state index is -1.41. The van der Waals surface area contributed by atoms with Crippen LogP contribution in [0.15, 0.2) is 42.5 Å². The van der Waals surface area contributed by atoms with Crippen LogP contribution >= 0.6 is 0 Å². The predicted octanol–water partition coefficient (Wildman–Crippen LogP) is 3.40. The number of ether oxygens (including phenoxy) is 2. The van der Waals surface area contributed by atoms with Gasteiger partial charge in [-0.25, -0.2) is 4.79 Å². The van der Waals surface area contributed by atoms with Crippen LogP contribution in [0.5, 0.6) is 11.5 Å². The molecule has 0 aliphatic carbocycles. The average molecular weight is 543 g/mol. The summed E-state index contributed by atoms with van der Waals surface area (Å²) in [6, 6.07) is 8.75. The number of phenols is 1. The lowest BCUT2D eigenvalue weighted by Crippen LogP contribution is -2.53. The minimum Gasteiger partial charge on any atom is -0.507 e. The van der Waals surface area contributed by atoms with Gasteiger partial charge in [0.15, 0.2) is 0 Å². The third-order valence-electron chi connectivity index (χ3n) is 5.62. The van der Waals surface area contributed by atoms with Crippen LogP contribution in [0.1, 0.15) is 57.7 Å². The molecule has 0 heterocycles. The lowest BCUT2D eigenvalue weighted by molar-refractivity contribution is -0.142. The number of aryl methyl sites for hydroxylation is 1. The molecule has 0 aromatic heterocycles. The lowest BCUT2D eigenvalue weighted by Gasteiger charge is -2.34. The number of phenolic OH excluding ortho intramolecular Hbond substituents is 1. The summed E-state index contributed by atoms with van der Waals surface area (Å²) in [5.74, 6) is -1.76.